The molecule has 0 bridgehead atoms. The van der Waals surface area contributed by atoms with Crippen molar-refractivity contribution in [3.8, 4) is 0 Å². The molecule has 1 aliphatic heterocycles. The van der Waals surface area contributed by atoms with Crippen LogP contribution < -0.4 is 4.90 Å². The van der Waals surface area contributed by atoms with Gasteiger partial charge in [-0.25, -0.2) is 9.97 Å². The molecule has 1 saturated heterocycles. The van der Waals surface area contributed by atoms with Gasteiger partial charge >= 0.3 is 0 Å². The molecule has 7 heteroatoms. The van der Waals surface area contributed by atoms with Crippen LogP contribution in [0.1, 0.15) is 37.0 Å². The summed E-state index contributed by atoms with van der Waals surface area (Å²) in [6.45, 7) is 8.15. The van der Waals surface area contributed by atoms with E-state index in [0.29, 0.717) is 0 Å². The number of rotatable bonds is 7. The molecule has 0 saturated carbocycles. The molecule has 0 amide bonds. The molecule has 0 aliphatic carbocycles. The maximum absolute atomic E-state index is 5.58. The highest BCUT2D eigenvalue weighted by atomic mass is 32.1. The van der Waals surface area contributed by atoms with E-state index in [4.69, 9.17) is 4.74 Å². The van der Waals surface area contributed by atoms with Gasteiger partial charge < -0.3 is 14.6 Å². The zero-order chi connectivity index (χ0) is 16.2. The molecule has 6 nitrogen and oxygen atoms in total. The van der Waals surface area contributed by atoms with Crippen molar-refractivity contribution in [2.75, 3.05) is 31.6 Å². The Morgan fingerprint density at radius 3 is 2.87 bits per heavy atom. The zero-order valence-corrected chi connectivity index (χ0v) is 14.8. The Labute approximate surface area is 141 Å². The number of aromatic amines is 1. The molecule has 0 aromatic carbocycles. The highest BCUT2D eigenvalue weighted by Crippen LogP contribution is 2.34. The van der Waals surface area contributed by atoms with Crippen LogP contribution in [0.4, 0.5) is 5.13 Å². The minimum atomic E-state index is 0.264. The van der Waals surface area contributed by atoms with Crippen molar-refractivity contribution < 1.29 is 4.74 Å². The van der Waals surface area contributed by atoms with Gasteiger partial charge in [-0.05, 0) is 20.3 Å². The van der Waals surface area contributed by atoms with E-state index in [9.17, 15) is 0 Å². The first-order valence-electron chi connectivity index (χ1n) is 8.20. The summed E-state index contributed by atoms with van der Waals surface area (Å²) < 4.78 is 5.58. The summed E-state index contributed by atoms with van der Waals surface area (Å²) in [5, 5.41) is 1.11. The fraction of sp³-hybridized carbons (Fsp3) is 0.625. The predicted molar refractivity (Wildman–Crippen MR) is 92.8 cm³/mol. The topological polar surface area (TPSA) is 57.3 Å². The number of nitrogens with one attached hydrogen (secondary N) is 1. The molecule has 2 unspecified atom stereocenters. The lowest BCUT2D eigenvalue weighted by atomic mass is 10.2. The second kappa shape index (κ2) is 7.42. The van der Waals surface area contributed by atoms with Crippen LogP contribution in [0, 0.1) is 0 Å². The molecule has 2 atom stereocenters. The van der Waals surface area contributed by atoms with Gasteiger partial charge in [-0.15, -0.1) is 11.3 Å². The minimum Gasteiger partial charge on any atom is -0.380 e. The lowest BCUT2D eigenvalue weighted by molar-refractivity contribution is 0.107. The van der Waals surface area contributed by atoms with Crippen LogP contribution in [0.3, 0.4) is 0 Å². The van der Waals surface area contributed by atoms with Crippen LogP contribution in [0.2, 0.25) is 0 Å². The summed E-state index contributed by atoms with van der Waals surface area (Å²) in [7, 11) is 1.79. The molecule has 23 heavy (non-hydrogen) atoms. The van der Waals surface area contributed by atoms with Crippen LogP contribution >= 0.6 is 11.3 Å². The molecule has 3 heterocycles. The fourth-order valence-corrected chi connectivity index (χ4v) is 4.22. The van der Waals surface area contributed by atoms with E-state index in [1.54, 1.807) is 18.4 Å². The van der Waals surface area contributed by atoms with Gasteiger partial charge in [-0.1, -0.05) is 0 Å². The van der Waals surface area contributed by atoms with Gasteiger partial charge in [0.05, 0.1) is 12.1 Å². The van der Waals surface area contributed by atoms with Crippen LogP contribution in [-0.4, -0.2) is 52.7 Å². The number of H-pyrrole nitrogens is 1. The van der Waals surface area contributed by atoms with Gasteiger partial charge in [0.25, 0.3) is 0 Å². The Morgan fingerprint density at radius 1 is 1.39 bits per heavy atom. The second-order valence-corrected chi connectivity index (χ2v) is 6.89. The number of hydrogen-bond acceptors (Lipinski definition) is 6. The molecule has 1 N–H and O–H groups in total. The molecule has 2 aromatic rings. The van der Waals surface area contributed by atoms with Crippen molar-refractivity contribution in [3.05, 3.63) is 29.3 Å². The molecule has 1 fully saturated rings. The zero-order valence-electron chi connectivity index (χ0n) is 14.0. The first-order chi connectivity index (χ1) is 11.2. The van der Waals surface area contributed by atoms with Crippen LogP contribution in [0.15, 0.2) is 18.6 Å². The van der Waals surface area contributed by atoms with Crippen LogP contribution in [0.5, 0.6) is 0 Å². The molecular weight excluding hydrogens is 310 g/mol. The quantitative estimate of drug-likeness (QED) is 0.843. The average Bonchev–Trinajstić information content (AvgIpc) is 3.29. The van der Waals surface area contributed by atoms with Gasteiger partial charge in [-0.2, -0.15) is 0 Å². The highest BCUT2D eigenvalue weighted by molar-refractivity contribution is 7.15. The van der Waals surface area contributed by atoms with Crippen molar-refractivity contribution in [2.24, 2.45) is 0 Å². The number of methoxy groups -OCH3 is 1. The molecule has 0 radical (unpaired) electrons. The van der Waals surface area contributed by atoms with Gasteiger partial charge in [0.2, 0.25) is 0 Å². The van der Waals surface area contributed by atoms with Gasteiger partial charge in [-0.3, -0.25) is 4.90 Å². The maximum atomic E-state index is 5.58. The number of nitrogens with zero attached hydrogens (tertiary/aromatic N) is 4. The summed E-state index contributed by atoms with van der Waals surface area (Å²) in [5.74, 6) is 1.03. The van der Waals surface area contributed by atoms with Gasteiger partial charge in [0.15, 0.2) is 5.13 Å². The Kier molecular flexibility index (Phi) is 5.30. The van der Waals surface area contributed by atoms with Gasteiger partial charge in [0.1, 0.15) is 5.82 Å². The van der Waals surface area contributed by atoms with Crippen molar-refractivity contribution >= 4 is 16.5 Å². The number of hydrogen-bond donors (Lipinski definition) is 1. The Morgan fingerprint density at radius 2 is 2.22 bits per heavy atom. The lowest BCUT2D eigenvalue weighted by Crippen LogP contribution is -2.25. The Bertz CT molecular complexity index is 595. The summed E-state index contributed by atoms with van der Waals surface area (Å²) in [4.78, 5) is 18.3. The van der Waals surface area contributed by atoms with Crippen LogP contribution in [-0.2, 0) is 11.3 Å². The van der Waals surface area contributed by atoms with Gasteiger partial charge in [0, 0.05) is 56.8 Å². The molecule has 126 valence electrons. The minimum absolute atomic E-state index is 0.264. The third kappa shape index (κ3) is 3.57. The summed E-state index contributed by atoms with van der Waals surface area (Å²) in [5.41, 5.74) is 0. The third-order valence-corrected chi connectivity index (χ3v) is 5.51. The second-order valence-electron chi connectivity index (χ2n) is 5.79. The number of ether oxygens (including phenoxy) is 1. The van der Waals surface area contributed by atoms with E-state index in [2.05, 4.69) is 38.6 Å². The number of aromatic nitrogens is 3. The third-order valence-electron chi connectivity index (χ3n) is 4.47. The van der Waals surface area contributed by atoms with Crippen molar-refractivity contribution in [1.29, 1.82) is 0 Å². The molecular formula is C16H25N5OS. The summed E-state index contributed by atoms with van der Waals surface area (Å²) in [6, 6.07) is 0.286. The summed E-state index contributed by atoms with van der Waals surface area (Å²) in [6.07, 6.45) is 6.96. The first kappa shape index (κ1) is 16.4. The number of anilines is 1. The lowest BCUT2D eigenvalue weighted by Gasteiger charge is -2.21. The van der Waals surface area contributed by atoms with Crippen LogP contribution in [0.25, 0.3) is 0 Å². The van der Waals surface area contributed by atoms with Crippen molar-refractivity contribution in [1.82, 2.24) is 19.9 Å². The van der Waals surface area contributed by atoms with E-state index in [1.165, 1.54) is 4.88 Å². The number of imidazole rings is 1. The highest BCUT2D eigenvalue weighted by Gasteiger charge is 2.34. The van der Waals surface area contributed by atoms with E-state index in [1.807, 2.05) is 18.6 Å². The first-order valence-corrected chi connectivity index (χ1v) is 9.02. The predicted octanol–water partition coefficient (Wildman–Crippen LogP) is 2.67. The molecule has 3 rings (SSSR count). The van der Waals surface area contributed by atoms with E-state index in [0.717, 1.165) is 43.6 Å². The summed E-state index contributed by atoms with van der Waals surface area (Å²) >= 11 is 1.79. The monoisotopic (exact) mass is 335 g/mol. The molecule has 1 aliphatic rings. The van der Waals surface area contributed by atoms with E-state index < -0.39 is 0 Å². The van der Waals surface area contributed by atoms with Crippen molar-refractivity contribution in [2.45, 2.75) is 39.0 Å². The average molecular weight is 335 g/mol. The SMILES string of the molecule is CCN(CC)c1ncc(CN2CC(OC)CC2c2ncc[nH]2)s1. The Hall–Kier alpha value is -1.44. The largest absolute Gasteiger partial charge is 0.380 e. The fourth-order valence-electron chi connectivity index (χ4n) is 3.16. The van der Waals surface area contributed by atoms with Crippen molar-refractivity contribution in [3.63, 3.8) is 0 Å². The number of thiazole rings is 1. The smallest absolute Gasteiger partial charge is 0.185 e. The Balaban J connectivity index is 1.72. The van der Waals surface area contributed by atoms with E-state index >= 15 is 0 Å². The maximum Gasteiger partial charge on any atom is 0.185 e. The number of likely N-dealkylation sites (tertiary alicyclic amines) is 1. The van der Waals surface area contributed by atoms with E-state index in [-0.39, 0.29) is 12.1 Å². The standard InChI is InChI=1S/C16H25N5OS/c1-4-20(5-2)16-19-9-13(23-16)11-21-10-12(22-3)8-14(21)15-17-6-7-18-15/h6-7,9,12,14H,4-5,8,10-11H2,1-3H3,(H,17,18). The normalized spacial score (nSPS) is 21.9. The molecule has 2 aromatic heterocycles. The molecule has 0 spiro atoms.